The van der Waals surface area contributed by atoms with Gasteiger partial charge in [-0.1, -0.05) is 6.07 Å². The molecule has 0 radical (unpaired) electrons. The molecule has 2 heterocycles. The van der Waals surface area contributed by atoms with E-state index in [2.05, 4.69) is 21.5 Å². The predicted octanol–water partition coefficient (Wildman–Crippen LogP) is 1.44. The van der Waals surface area contributed by atoms with Crippen LogP contribution in [0.25, 0.3) is 0 Å². The molecule has 5 heteroatoms. The molecule has 1 N–H and O–H groups in total. The monoisotopic (exact) mass is 246 g/mol. The lowest BCUT2D eigenvalue weighted by molar-refractivity contribution is 0.402. The first kappa shape index (κ1) is 12.6. The highest BCUT2D eigenvalue weighted by Crippen LogP contribution is 2.30. The van der Waals surface area contributed by atoms with Gasteiger partial charge in [-0.15, -0.1) is 0 Å². The molecule has 2 aromatic rings. The van der Waals surface area contributed by atoms with E-state index in [-0.39, 0.29) is 6.04 Å². The largest absolute Gasteiger partial charge is 0.493 e. The van der Waals surface area contributed by atoms with E-state index in [1.807, 2.05) is 31.8 Å². The van der Waals surface area contributed by atoms with Crippen molar-refractivity contribution in [2.45, 2.75) is 13.0 Å². The molecule has 0 aliphatic carbocycles. The average molecular weight is 246 g/mol. The fraction of sp³-hybridized carbons (Fsp3) is 0.385. The van der Waals surface area contributed by atoms with E-state index in [1.54, 1.807) is 19.5 Å². The first-order chi connectivity index (χ1) is 8.69. The maximum Gasteiger partial charge on any atom is 0.161 e. The van der Waals surface area contributed by atoms with E-state index in [1.165, 1.54) is 0 Å². The first-order valence-electron chi connectivity index (χ1n) is 5.83. The third kappa shape index (κ3) is 2.09. The summed E-state index contributed by atoms with van der Waals surface area (Å²) in [6.45, 7) is 2.00. The normalized spacial score (nSPS) is 12.4. The van der Waals surface area contributed by atoms with Crippen LogP contribution in [0.15, 0.2) is 24.5 Å². The molecular weight excluding hydrogens is 228 g/mol. The van der Waals surface area contributed by atoms with Crippen LogP contribution in [0.2, 0.25) is 0 Å². The zero-order chi connectivity index (χ0) is 13.1. The summed E-state index contributed by atoms with van der Waals surface area (Å²) in [7, 11) is 5.49. The van der Waals surface area contributed by atoms with Gasteiger partial charge in [-0.2, -0.15) is 5.10 Å². The zero-order valence-electron chi connectivity index (χ0n) is 11.1. The molecular formula is C13H18N4O. The number of methoxy groups -OCH3 is 1. The van der Waals surface area contributed by atoms with E-state index in [0.29, 0.717) is 0 Å². The number of hydrogen-bond acceptors (Lipinski definition) is 4. The van der Waals surface area contributed by atoms with Gasteiger partial charge in [0.2, 0.25) is 0 Å². The van der Waals surface area contributed by atoms with Crippen molar-refractivity contribution in [3.8, 4) is 5.75 Å². The van der Waals surface area contributed by atoms with Gasteiger partial charge in [-0.25, -0.2) is 0 Å². The van der Waals surface area contributed by atoms with Gasteiger partial charge < -0.3 is 10.1 Å². The average Bonchev–Trinajstić information content (AvgIpc) is 2.74. The number of rotatable bonds is 4. The molecule has 2 rings (SSSR count). The SMILES string of the molecule is CNC(c1cccnc1C)c1c(OC)cnn1C. The van der Waals surface area contributed by atoms with Gasteiger partial charge in [0.25, 0.3) is 0 Å². The van der Waals surface area contributed by atoms with Crippen LogP contribution in [-0.2, 0) is 7.05 Å². The highest BCUT2D eigenvalue weighted by Gasteiger charge is 2.22. The van der Waals surface area contributed by atoms with Crippen LogP contribution < -0.4 is 10.1 Å². The van der Waals surface area contributed by atoms with E-state index in [0.717, 1.165) is 22.7 Å². The molecule has 18 heavy (non-hydrogen) atoms. The quantitative estimate of drug-likeness (QED) is 0.887. The Morgan fingerprint density at radius 3 is 2.83 bits per heavy atom. The Hall–Kier alpha value is -1.88. The van der Waals surface area contributed by atoms with E-state index >= 15 is 0 Å². The van der Waals surface area contributed by atoms with Crippen LogP contribution in [0.5, 0.6) is 5.75 Å². The molecule has 0 saturated carbocycles. The Labute approximate surface area is 107 Å². The topological polar surface area (TPSA) is 52.0 Å². The summed E-state index contributed by atoms with van der Waals surface area (Å²) >= 11 is 0. The smallest absolute Gasteiger partial charge is 0.161 e. The number of pyridine rings is 1. The summed E-state index contributed by atoms with van der Waals surface area (Å²) in [5.74, 6) is 0.778. The van der Waals surface area contributed by atoms with Gasteiger partial charge in [-0.05, 0) is 25.6 Å². The van der Waals surface area contributed by atoms with Crippen molar-refractivity contribution in [3.05, 3.63) is 41.5 Å². The number of aromatic nitrogens is 3. The molecule has 2 aromatic heterocycles. The maximum atomic E-state index is 5.37. The highest BCUT2D eigenvalue weighted by atomic mass is 16.5. The molecule has 0 amide bonds. The van der Waals surface area contributed by atoms with Gasteiger partial charge in [0.15, 0.2) is 5.75 Å². The predicted molar refractivity (Wildman–Crippen MR) is 69.6 cm³/mol. The summed E-state index contributed by atoms with van der Waals surface area (Å²) < 4.78 is 7.19. The van der Waals surface area contributed by atoms with Crippen molar-refractivity contribution in [3.63, 3.8) is 0 Å². The van der Waals surface area contributed by atoms with E-state index in [9.17, 15) is 0 Å². The zero-order valence-corrected chi connectivity index (χ0v) is 11.1. The third-order valence-corrected chi connectivity index (χ3v) is 3.09. The minimum Gasteiger partial charge on any atom is -0.493 e. The van der Waals surface area contributed by atoms with Crippen LogP contribution in [0.1, 0.15) is 23.0 Å². The fourth-order valence-electron chi connectivity index (χ4n) is 2.15. The Morgan fingerprint density at radius 2 is 2.22 bits per heavy atom. The lowest BCUT2D eigenvalue weighted by Gasteiger charge is -2.19. The lowest BCUT2D eigenvalue weighted by Crippen LogP contribution is -2.22. The second kappa shape index (κ2) is 5.18. The first-order valence-corrected chi connectivity index (χ1v) is 5.83. The van der Waals surface area contributed by atoms with Crippen molar-refractivity contribution in [2.24, 2.45) is 7.05 Å². The number of aryl methyl sites for hydroxylation is 2. The summed E-state index contributed by atoms with van der Waals surface area (Å²) in [5, 5.41) is 7.54. The van der Waals surface area contributed by atoms with Gasteiger partial charge in [0.1, 0.15) is 5.69 Å². The van der Waals surface area contributed by atoms with Crippen molar-refractivity contribution in [1.82, 2.24) is 20.1 Å². The van der Waals surface area contributed by atoms with Crippen molar-refractivity contribution < 1.29 is 4.74 Å². The number of ether oxygens (including phenoxy) is 1. The molecule has 5 nitrogen and oxygen atoms in total. The minimum absolute atomic E-state index is 0.0150. The second-order valence-corrected chi connectivity index (χ2v) is 4.12. The lowest BCUT2D eigenvalue weighted by atomic mass is 10.0. The van der Waals surface area contributed by atoms with E-state index < -0.39 is 0 Å². The number of hydrogen-bond donors (Lipinski definition) is 1. The molecule has 1 unspecified atom stereocenters. The van der Waals surface area contributed by atoms with Crippen LogP contribution in [-0.4, -0.2) is 28.9 Å². The summed E-state index contributed by atoms with van der Waals surface area (Å²) in [5.41, 5.74) is 3.12. The molecule has 96 valence electrons. The van der Waals surface area contributed by atoms with Crippen LogP contribution in [0.4, 0.5) is 0 Å². The van der Waals surface area contributed by atoms with Crippen molar-refractivity contribution >= 4 is 0 Å². The molecule has 0 saturated heterocycles. The Balaban J connectivity index is 2.52. The minimum atomic E-state index is 0.0150. The third-order valence-electron chi connectivity index (χ3n) is 3.09. The Kier molecular flexibility index (Phi) is 3.62. The van der Waals surface area contributed by atoms with Gasteiger partial charge >= 0.3 is 0 Å². The van der Waals surface area contributed by atoms with Gasteiger partial charge in [-0.3, -0.25) is 9.67 Å². The molecule has 1 atom stereocenters. The fourth-order valence-corrected chi connectivity index (χ4v) is 2.15. The Morgan fingerprint density at radius 1 is 1.44 bits per heavy atom. The molecule has 0 fully saturated rings. The maximum absolute atomic E-state index is 5.37. The molecule has 0 aliphatic heterocycles. The highest BCUT2D eigenvalue weighted by molar-refractivity contribution is 5.37. The molecule has 0 aromatic carbocycles. The summed E-state index contributed by atoms with van der Waals surface area (Å²) in [6.07, 6.45) is 3.53. The molecule has 0 aliphatic rings. The standard InChI is InChI=1S/C13H18N4O/c1-9-10(6-5-7-15-9)12(14-2)13-11(18-4)8-16-17(13)3/h5-8,12,14H,1-4H3. The number of nitrogens with one attached hydrogen (secondary N) is 1. The summed E-state index contributed by atoms with van der Waals surface area (Å²) in [6, 6.07) is 4.02. The van der Waals surface area contributed by atoms with Crippen LogP contribution in [0.3, 0.4) is 0 Å². The molecule has 0 bridgehead atoms. The van der Waals surface area contributed by atoms with Gasteiger partial charge in [0, 0.05) is 18.9 Å². The van der Waals surface area contributed by atoms with Crippen LogP contribution >= 0.6 is 0 Å². The van der Waals surface area contributed by atoms with E-state index in [4.69, 9.17) is 4.74 Å². The Bertz CT molecular complexity index is 536. The van der Waals surface area contributed by atoms with Crippen molar-refractivity contribution in [2.75, 3.05) is 14.2 Å². The summed E-state index contributed by atoms with van der Waals surface area (Å²) in [4.78, 5) is 4.33. The molecule has 0 spiro atoms. The van der Waals surface area contributed by atoms with Gasteiger partial charge in [0.05, 0.1) is 19.3 Å². The second-order valence-electron chi connectivity index (χ2n) is 4.12. The number of nitrogens with zero attached hydrogens (tertiary/aromatic N) is 3. The van der Waals surface area contributed by atoms with Crippen LogP contribution in [0, 0.1) is 6.92 Å². The van der Waals surface area contributed by atoms with Crippen molar-refractivity contribution in [1.29, 1.82) is 0 Å².